The van der Waals surface area contributed by atoms with E-state index in [1.54, 1.807) is 4.90 Å². The monoisotopic (exact) mass is 349 g/mol. The maximum absolute atomic E-state index is 12.6. The van der Waals surface area contributed by atoms with Crippen LogP contribution >= 0.6 is 0 Å². The van der Waals surface area contributed by atoms with Gasteiger partial charge in [-0.25, -0.2) is 4.79 Å². The second kappa shape index (κ2) is 6.18. The van der Waals surface area contributed by atoms with E-state index in [1.807, 2.05) is 49.4 Å². The summed E-state index contributed by atoms with van der Waals surface area (Å²) in [5.41, 5.74) is 3.58. The smallest absolute Gasteiger partial charge is 0.313 e. The number of benzene rings is 2. The summed E-state index contributed by atoms with van der Waals surface area (Å²) in [4.78, 5) is 25.7. The Kier molecular flexibility index (Phi) is 3.84. The van der Waals surface area contributed by atoms with Crippen molar-refractivity contribution in [3.05, 3.63) is 53.6 Å². The molecule has 2 heterocycles. The van der Waals surface area contributed by atoms with E-state index in [0.717, 1.165) is 27.7 Å². The van der Waals surface area contributed by atoms with Crippen LogP contribution in [0, 0.1) is 0 Å². The lowest BCUT2D eigenvalue weighted by atomic mass is 10.0. The van der Waals surface area contributed by atoms with Gasteiger partial charge in [0.05, 0.1) is 18.1 Å². The first kappa shape index (κ1) is 16.1. The molecule has 1 aliphatic heterocycles. The van der Waals surface area contributed by atoms with Crippen molar-refractivity contribution in [3.8, 4) is 0 Å². The van der Waals surface area contributed by atoms with E-state index in [0.29, 0.717) is 12.4 Å². The van der Waals surface area contributed by atoms with Gasteiger partial charge in [0.1, 0.15) is 0 Å². The number of anilines is 2. The van der Waals surface area contributed by atoms with Crippen LogP contribution in [0.5, 0.6) is 0 Å². The summed E-state index contributed by atoms with van der Waals surface area (Å²) in [6.45, 7) is 3.94. The van der Waals surface area contributed by atoms with Crippen LogP contribution in [0.15, 0.2) is 42.5 Å². The molecular weight excluding hydrogens is 330 g/mol. The van der Waals surface area contributed by atoms with E-state index in [2.05, 4.69) is 20.8 Å². The molecule has 1 aliphatic rings. The summed E-state index contributed by atoms with van der Waals surface area (Å²) in [5, 5.41) is 13.5. The molecule has 7 heteroatoms. The van der Waals surface area contributed by atoms with Gasteiger partial charge in [0.2, 0.25) is 5.91 Å². The molecule has 0 radical (unpaired) electrons. The van der Waals surface area contributed by atoms with E-state index in [-0.39, 0.29) is 18.0 Å². The van der Waals surface area contributed by atoms with Gasteiger partial charge >= 0.3 is 6.03 Å². The van der Waals surface area contributed by atoms with Crippen LogP contribution in [-0.2, 0) is 11.3 Å². The average Bonchev–Trinajstić information content (AvgIpc) is 3.00. The average molecular weight is 349 g/mol. The molecule has 4 rings (SSSR count). The highest BCUT2D eigenvalue weighted by molar-refractivity contribution is 6.02. The minimum absolute atomic E-state index is 0.0563. The fourth-order valence-corrected chi connectivity index (χ4v) is 3.29. The maximum Gasteiger partial charge on any atom is 0.322 e. The number of aromatic amines is 1. The van der Waals surface area contributed by atoms with Crippen LogP contribution in [-0.4, -0.2) is 27.0 Å². The van der Waals surface area contributed by atoms with E-state index < -0.39 is 0 Å². The first-order valence-electron chi connectivity index (χ1n) is 8.44. The number of H-pyrrole nitrogens is 1. The second-order valence-electron chi connectivity index (χ2n) is 6.45. The first-order valence-corrected chi connectivity index (χ1v) is 8.44. The van der Waals surface area contributed by atoms with Gasteiger partial charge in [-0.1, -0.05) is 30.3 Å². The molecule has 3 aromatic rings. The minimum atomic E-state index is -0.177. The van der Waals surface area contributed by atoms with Gasteiger partial charge in [0.15, 0.2) is 5.82 Å². The summed E-state index contributed by atoms with van der Waals surface area (Å²) >= 11 is 0. The van der Waals surface area contributed by atoms with Gasteiger partial charge in [0.25, 0.3) is 0 Å². The van der Waals surface area contributed by atoms with Crippen LogP contribution in [0.25, 0.3) is 10.9 Å². The Morgan fingerprint density at radius 2 is 2.04 bits per heavy atom. The highest BCUT2D eigenvalue weighted by Crippen LogP contribution is 2.34. The molecule has 3 N–H and O–H groups in total. The Labute approximate surface area is 150 Å². The third kappa shape index (κ3) is 2.77. The lowest BCUT2D eigenvalue weighted by Gasteiger charge is -2.34. The number of fused-ring (bicyclic) bond motifs is 2. The number of carbonyl (C=O) groups excluding carboxylic acids is 2. The molecule has 0 saturated heterocycles. The number of hydrogen-bond donors (Lipinski definition) is 3. The van der Waals surface area contributed by atoms with E-state index in [4.69, 9.17) is 0 Å². The van der Waals surface area contributed by atoms with E-state index >= 15 is 0 Å². The molecule has 0 aliphatic carbocycles. The Morgan fingerprint density at radius 3 is 2.77 bits per heavy atom. The van der Waals surface area contributed by atoms with Crippen molar-refractivity contribution >= 4 is 34.3 Å². The zero-order valence-corrected chi connectivity index (χ0v) is 14.5. The summed E-state index contributed by atoms with van der Waals surface area (Å²) in [7, 11) is 0. The van der Waals surface area contributed by atoms with Crippen molar-refractivity contribution < 1.29 is 9.59 Å². The van der Waals surface area contributed by atoms with Crippen molar-refractivity contribution in [2.45, 2.75) is 26.4 Å². The van der Waals surface area contributed by atoms with Gasteiger partial charge < -0.3 is 15.5 Å². The van der Waals surface area contributed by atoms with Crippen LogP contribution in [0.1, 0.15) is 31.0 Å². The summed E-state index contributed by atoms with van der Waals surface area (Å²) in [6.07, 6.45) is 0. The third-order valence-electron chi connectivity index (χ3n) is 4.67. The Bertz CT molecular complexity index is 996. The topological polar surface area (TPSA) is 90.1 Å². The molecule has 3 amide bonds. The highest BCUT2D eigenvalue weighted by atomic mass is 16.2. The molecule has 1 aromatic heterocycles. The SMILES string of the molecule is CC(=O)Nc1n[nH]c2cc3c(cc12)CN(C(C)c1ccccc1)C(=O)N3. The predicted octanol–water partition coefficient (Wildman–Crippen LogP) is 3.63. The second-order valence-corrected chi connectivity index (χ2v) is 6.45. The van der Waals surface area contributed by atoms with Crippen molar-refractivity contribution in [1.82, 2.24) is 15.1 Å². The van der Waals surface area contributed by atoms with E-state index in [1.165, 1.54) is 6.92 Å². The van der Waals surface area contributed by atoms with Crippen LogP contribution in [0.4, 0.5) is 16.3 Å². The van der Waals surface area contributed by atoms with Gasteiger partial charge in [-0.2, -0.15) is 5.10 Å². The van der Waals surface area contributed by atoms with Crippen molar-refractivity contribution in [1.29, 1.82) is 0 Å². The summed E-state index contributed by atoms with van der Waals surface area (Å²) < 4.78 is 0. The standard InChI is InChI=1S/C19H19N5O2/c1-11(13-6-4-3-5-7-13)24-10-14-8-15-17(9-16(14)21-19(24)26)22-23-18(15)20-12(2)25/h3-9,11H,10H2,1-2H3,(H,21,26)(H2,20,22,23,25). The van der Waals surface area contributed by atoms with Gasteiger partial charge in [-0.15, -0.1) is 0 Å². The first-order chi connectivity index (χ1) is 12.5. The summed E-state index contributed by atoms with van der Waals surface area (Å²) in [6, 6.07) is 13.6. The zero-order chi connectivity index (χ0) is 18.3. The molecule has 0 saturated carbocycles. The number of nitrogens with zero attached hydrogens (tertiary/aromatic N) is 2. The molecule has 1 atom stereocenters. The normalized spacial score (nSPS) is 14.7. The van der Waals surface area contributed by atoms with Crippen LogP contribution in [0.2, 0.25) is 0 Å². The number of nitrogens with one attached hydrogen (secondary N) is 3. The number of hydrogen-bond acceptors (Lipinski definition) is 3. The predicted molar refractivity (Wildman–Crippen MR) is 99.8 cm³/mol. The molecule has 0 spiro atoms. The van der Waals surface area contributed by atoms with Crippen molar-refractivity contribution in [2.24, 2.45) is 0 Å². The Hall–Kier alpha value is -3.35. The van der Waals surface area contributed by atoms with Crippen molar-refractivity contribution in [2.75, 3.05) is 10.6 Å². The molecule has 1 unspecified atom stereocenters. The lowest BCUT2D eigenvalue weighted by Crippen LogP contribution is -2.40. The molecule has 26 heavy (non-hydrogen) atoms. The number of amides is 3. The van der Waals surface area contributed by atoms with Crippen molar-refractivity contribution in [3.63, 3.8) is 0 Å². The quantitative estimate of drug-likeness (QED) is 0.674. The molecule has 0 fully saturated rings. The number of urea groups is 1. The Morgan fingerprint density at radius 1 is 1.27 bits per heavy atom. The maximum atomic E-state index is 12.6. The fraction of sp³-hybridized carbons (Fsp3) is 0.211. The van der Waals surface area contributed by atoms with Gasteiger partial charge in [-0.3, -0.25) is 9.89 Å². The van der Waals surface area contributed by atoms with Crippen LogP contribution in [0.3, 0.4) is 0 Å². The van der Waals surface area contributed by atoms with Gasteiger partial charge in [0, 0.05) is 18.0 Å². The number of rotatable bonds is 3. The molecular formula is C19H19N5O2. The van der Waals surface area contributed by atoms with E-state index in [9.17, 15) is 9.59 Å². The molecule has 0 bridgehead atoms. The highest BCUT2D eigenvalue weighted by Gasteiger charge is 2.28. The molecule has 132 valence electrons. The van der Waals surface area contributed by atoms with Crippen LogP contribution < -0.4 is 10.6 Å². The lowest BCUT2D eigenvalue weighted by molar-refractivity contribution is -0.114. The number of aromatic nitrogens is 2. The fourth-order valence-electron chi connectivity index (χ4n) is 3.29. The Balaban J connectivity index is 1.70. The molecule has 7 nitrogen and oxygen atoms in total. The van der Waals surface area contributed by atoms with Gasteiger partial charge in [-0.05, 0) is 30.2 Å². The minimum Gasteiger partial charge on any atom is -0.313 e. The summed E-state index contributed by atoms with van der Waals surface area (Å²) in [5.74, 6) is 0.318. The zero-order valence-electron chi connectivity index (χ0n) is 14.5. The largest absolute Gasteiger partial charge is 0.322 e. The third-order valence-corrected chi connectivity index (χ3v) is 4.67. The molecule has 2 aromatic carbocycles. The number of carbonyl (C=O) groups is 2.